The summed E-state index contributed by atoms with van der Waals surface area (Å²) in [5, 5.41) is 0. The fraction of sp³-hybridized carbons (Fsp3) is 0.809. The summed E-state index contributed by atoms with van der Waals surface area (Å²) in [6.45, 7) is 8.94. The van der Waals surface area contributed by atoms with Crippen molar-refractivity contribution in [3.05, 3.63) is 52.0 Å². The van der Waals surface area contributed by atoms with Crippen molar-refractivity contribution >= 4 is 21.9 Å². The van der Waals surface area contributed by atoms with Crippen LogP contribution < -0.4 is 14.2 Å². The SMILES string of the molecule is CCCCCCCCCCCCCCCCCCOc1cc(COC(=O)c2ccc(Br)cc2)cc(OCCCCCCCCCCCCCCCCCC)c1OCCCCCCCCCCCCCCCCCC. The summed E-state index contributed by atoms with van der Waals surface area (Å²) in [6, 6.07) is 11.4. The Kier molecular flexibility index (Phi) is 48.5. The van der Waals surface area contributed by atoms with Gasteiger partial charge in [-0.3, -0.25) is 0 Å². The molecule has 6 heteroatoms. The maximum Gasteiger partial charge on any atom is 0.338 e. The van der Waals surface area contributed by atoms with Crippen LogP contribution >= 0.6 is 15.9 Å². The molecule has 0 bridgehead atoms. The summed E-state index contributed by atoms with van der Waals surface area (Å²) in [6.07, 6.45) is 64.6. The molecule has 0 spiro atoms. The molecule has 0 amide bonds. The van der Waals surface area contributed by atoms with E-state index >= 15 is 0 Å². The Bertz CT molecular complexity index is 1430. The molecule has 0 aliphatic rings. The first-order chi connectivity index (χ1) is 36.6. The van der Waals surface area contributed by atoms with Gasteiger partial charge in [0.25, 0.3) is 0 Å². The van der Waals surface area contributed by atoms with Gasteiger partial charge in [0.1, 0.15) is 6.61 Å². The van der Waals surface area contributed by atoms with E-state index in [2.05, 4.69) is 36.7 Å². The molecule has 0 aromatic heterocycles. The fourth-order valence-corrected chi connectivity index (χ4v) is 10.6. The number of hydrogen-bond acceptors (Lipinski definition) is 5. The first kappa shape index (κ1) is 67.9. The van der Waals surface area contributed by atoms with Crippen molar-refractivity contribution in [1.82, 2.24) is 0 Å². The van der Waals surface area contributed by atoms with Gasteiger partial charge in [0.15, 0.2) is 11.5 Å². The Hall–Kier alpha value is -2.21. The molecule has 0 saturated carbocycles. The molecule has 0 aliphatic carbocycles. The quantitative estimate of drug-likeness (QED) is 0.0488. The zero-order chi connectivity index (χ0) is 52.9. The highest BCUT2D eigenvalue weighted by Crippen LogP contribution is 2.40. The lowest BCUT2D eigenvalue weighted by Crippen LogP contribution is -2.09. The molecule has 2 aromatic rings. The van der Waals surface area contributed by atoms with Gasteiger partial charge in [-0.25, -0.2) is 4.79 Å². The molecule has 0 unspecified atom stereocenters. The number of benzene rings is 2. The third-order valence-corrected chi connectivity index (χ3v) is 15.8. The maximum atomic E-state index is 13.1. The van der Waals surface area contributed by atoms with Crippen molar-refractivity contribution in [2.75, 3.05) is 19.8 Å². The van der Waals surface area contributed by atoms with Gasteiger partial charge in [-0.2, -0.15) is 0 Å². The summed E-state index contributed by atoms with van der Waals surface area (Å²) < 4.78 is 26.7. The Morgan fingerprint density at radius 2 is 0.581 bits per heavy atom. The van der Waals surface area contributed by atoms with Gasteiger partial charge in [0.05, 0.1) is 25.4 Å². The van der Waals surface area contributed by atoms with E-state index in [0.29, 0.717) is 42.6 Å². The molecule has 0 heterocycles. The largest absolute Gasteiger partial charge is 0.490 e. The minimum atomic E-state index is -0.340. The molecule has 0 atom stereocenters. The van der Waals surface area contributed by atoms with E-state index in [1.807, 2.05) is 24.3 Å². The molecular weight excluding hydrogens is 977 g/mol. The molecule has 2 aromatic carbocycles. The Labute approximate surface area is 467 Å². The van der Waals surface area contributed by atoms with Gasteiger partial charge < -0.3 is 18.9 Å². The summed E-state index contributed by atoms with van der Waals surface area (Å²) in [5.74, 6) is 1.79. The van der Waals surface area contributed by atoms with E-state index in [9.17, 15) is 4.79 Å². The molecular formula is C68H119BrO5. The van der Waals surface area contributed by atoms with E-state index < -0.39 is 0 Å². The minimum Gasteiger partial charge on any atom is -0.490 e. The molecule has 74 heavy (non-hydrogen) atoms. The molecule has 0 fully saturated rings. The van der Waals surface area contributed by atoms with Crippen molar-refractivity contribution in [3.63, 3.8) is 0 Å². The van der Waals surface area contributed by atoms with Gasteiger partial charge in [-0.1, -0.05) is 326 Å². The number of halogens is 1. The summed E-state index contributed by atoms with van der Waals surface area (Å²) in [4.78, 5) is 13.1. The fourth-order valence-electron chi connectivity index (χ4n) is 10.4. The normalized spacial score (nSPS) is 11.4. The third-order valence-electron chi connectivity index (χ3n) is 15.3. The number of esters is 1. The smallest absolute Gasteiger partial charge is 0.338 e. The minimum absolute atomic E-state index is 0.138. The van der Waals surface area contributed by atoms with Crippen LogP contribution in [0.4, 0.5) is 0 Å². The monoisotopic (exact) mass is 1090 g/mol. The van der Waals surface area contributed by atoms with Gasteiger partial charge >= 0.3 is 5.97 Å². The molecule has 428 valence electrons. The highest BCUT2D eigenvalue weighted by Gasteiger charge is 2.18. The molecule has 0 N–H and O–H groups in total. The highest BCUT2D eigenvalue weighted by molar-refractivity contribution is 9.10. The van der Waals surface area contributed by atoms with Gasteiger partial charge in [-0.05, 0) is 61.2 Å². The number of unbranched alkanes of at least 4 members (excludes halogenated alkanes) is 45. The van der Waals surface area contributed by atoms with Crippen LogP contribution in [0.25, 0.3) is 0 Å². The standard InChI is InChI=1S/C68H119BrO5/c1-4-7-10-13-16-19-22-25-28-31-34-37-40-43-46-49-56-71-65-59-62(61-74-68(70)63-52-54-64(69)55-53-63)60-66(72-57-50-47-44-41-38-35-32-29-26-23-20-17-14-11-8-5-2)67(65)73-58-51-48-45-42-39-36-33-30-27-24-21-18-15-12-9-6-3/h52-55,59-60H,4-51,56-58,61H2,1-3H3. The van der Waals surface area contributed by atoms with Crippen molar-refractivity contribution in [2.45, 2.75) is 336 Å². The molecule has 2 rings (SSSR count). The van der Waals surface area contributed by atoms with Crippen LogP contribution in [-0.4, -0.2) is 25.8 Å². The number of hydrogen-bond donors (Lipinski definition) is 0. The van der Waals surface area contributed by atoms with Gasteiger partial charge in [0, 0.05) is 4.47 Å². The average Bonchev–Trinajstić information content (AvgIpc) is 3.41. The highest BCUT2D eigenvalue weighted by atomic mass is 79.9. The average molecular weight is 1100 g/mol. The van der Waals surface area contributed by atoms with Crippen LogP contribution in [0.2, 0.25) is 0 Å². The zero-order valence-electron chi connectivity index (χ0n) is 49.2. The van der Waals surface area contributed by atoms with Crippen LogP contribution in [0.1, 0.15) is 345 Å². The molecule has 0 aliphatic heterocycles. The van der Waals surface area contributed by atoms with Crippen LogP contribution in [0.3, 0.4) is 0 Å². The second kappa shape index (κ2) is 52.8. The lowest BCUT2D eigenvalue weighted by atomic mass is 10.0. The third kappa shape index (κ3) is 41.0. The van der Waals surface area contributed by atoms with E-state index in [-0.39, 0.29) is 12.6 Å². The van der Waals surface area contributed by atoms with Gasteiger partial charge in [-0.15, -0.1) is 0 Å². The van der Waals surface area contributed by atoms with Crippen LogP contribution in [0.5, 0.6) is 17.2 Å². The number of rotatable bonds is 57. The second-order valence-corrected chi connectivity index (χ2v) is 23.4. The molecule has 5 nitrogen and oxygen atoms in total. The van der Waals surface area contributed by atoms with Crippen molar-refractivity contribution in [1.29, 1.82) is 0 Å². The maximum absolute atomic E-state index is 13.1. The summed E-state index contributed by atoms with van der Waals surface area (Å²) in [7, 11) is 0. The van der Waals surface area contributed by atoms with Gasteiger partial charge in [0.2, 0.25) is 5.75 Å². The molecule has 0 saturated heterocycles. The second-order valence-electron chi connectivity index (χ2n) is 22.5. The van der Waals surface area contributed by atoms with E-state index in [0.717, 1.165) is 29.3 Å². The van der Waals surface area contributed by atoms with Crippen LogP contribution in [0, 0.1) is 0 Å². The predicted octanol–water partition coefficient (Wildman–Crippen LogP) is 23.7. The van der Waals surface area contributed by atoms with E-state index in [1.165, 1.54) is 289 Å². The Balaban J connectivity index is 1.90. The lowest BCUT2D eigenvalue weighted by Gasteiger charge is -2.19. The number of carbonyl (C=O) groups is 1. The summed E-state index contributed by atoms with van der Waals surface area (Å²) in [5.41, 5.74) is 1.39. The lowest BCUT2D eigenvalue weighted by molar-refractivity contribution is 0.0471. The van der Waals surface area contributed by atoms with Crippen LogP contribution in [0.15, 0.2) is 40.9 Å². The number of ether oxygens (including phenoxy) is 4. The Morgan fingerprint density at radius 3 is 0.851 bits per heavy atom. The van der Waals surface area contributed by atoms with Crippen molar-refractivity contribution < 1.29 is 23.7 Å². The predicted molar refractivity (Wildman–Crippen MR) is 325 cm³/mol. The van der Waals surface area contributed by atoms with Crippen molar-refractivity contribution in [3.8, 4) is 17.2 Å². The van der Waals surface area contributed by atoms with E-state index in [1.54, 1.807) is 12.1 Å². The topological polar surface area (TPSA) is 54.0 Å². The molecule has 0 radical (unpaired) electrons. The van der Waals surface area contributed by atoms with Crippen LogP contribution in [-0.2, 0) is 11.3 Å². The van der Waals surface area contributed by atoms with E-state index in [4.69, 9.17) is 18.9 Å². The first-order valence-corrected chi connectivity index (χ1v) is 33.4. The Morgan fingerprint density at radius 1 is 0.338 bits per heavy atom. The summed E-state index contributed by atoms with van der Waals surface area (Å²) >= 11 is 3.48. The first-order valence-electron chi connectivity index (χ1n) is 32.6. The number of carbonyl (C=O) groups excluding carboxylic acids is 1. The zero-order valence-corrected chi connectivity index (χ0v) is 50.7. The van der Waals surface area contributed by atoms with Crippen molar-refractivity contribution in [2.24, 2.45) is 0 Å².